The van der Waals surface area contributed by atoms with E-state index < -0.39 is 22.9 Å². The Morgan fingerprint density at radius 2 is 2.06 bits per heavy atom. The van der Waals surface area contributed by atoms with Crippen LogP contribution in [-0.4, -0.2) is 56.4 Å². The fourth-order valence-electron chi connectivity index (χ4n) is 1.96. The lowest BCUT2D eigenvalue weighted by atomic mass is 10.0. The molecule has 1 aliphatic rings. The van der Waals surface area contributed by atoms with Gasteiger partial charge >= 0.3 is 6.18 Å². The first-order chi connectivity index (χ1) is 8.16. The van der Waals surface area contributed by atoms with Crippen molar-refractivity contribution in [3.05, 3.63) is 0 Å². The molecule has 2 N–H and O–H groups in total. The van der Waals surface area contributed by atoms with Gasteiger partial charge in [-0.3, -0.25) is 0 Å². The number of hydrogen-bond donors (Lipinski definition) is 1. The minimum absolute atomic E-state index is 0.0211. The number of piperidine rings is 1. The van der Waals surface area contributed by atoms with E-state index >= 15 is 0 Å². The Kier molecular flexibility index (Phi) is 4.98. The molecule has 0 bridgehead atoms. The zero-order valence-corrected chi connectivity index (χ0v) is 11.0. The monoisotopic (exact) mass is 289 g/mol. The zero-order chi connectivity index (χ0) is 14.0. The molecule has 0 amide bonds. The first-order valence-corrected chi connectivity index (χ1v) is 7.04. The molecule has 5 nitrogen and oxygen atoms in total. The second-order valence-electron chi connectivity index (χ2n) is 4.48. The Morgan fingerprint density at radius 3 is 2.56 bits per heavy atom. The second-order valence-corrected chi connectivity index (χ2v) is 6.52. The minimum atomic E-state index is -4.54. The summed E-state index contributed by atoms with van der Waals surface area (Å²) >= 11 is 0. The summed E-state index contributed by atoms with van der Waals surface area (Å²) in [7, 11) is -3.11. The molecule has 9 heteroatoms. The molecular weight excluding hydrogens is 271 g/mol. The third-order valence-corrected chi connectivity index (χ3v) is 4.84. The van der Waals surface area contributed by atoms with Crippen molar-refractivity contribution in [2.75, 3.05) is 33.2 Å². The molecule has 1 aliphatic heterocycles. The maximum atomic E-state index is 12.2. The van der Waals surface area contributed by atoms with Gasteiger partial charge in [0.1, 0.15) is 6.54 Å². The van der Waals surface area contributed by atoms with Crippen LogP contribution < -0.4 is 5.73 Å². The smallest absolute Gasteiger partial charge is 0.330 e. The van der Waals surface area contributed by atoms with Gasteiger partial charge in [-0.1, -0.05) is 0 Å². The van der Waals surface area contributed by atoms with Gasteiger partial charge in [0.05, 0.1) is 0 Å². The molecule has 0 radical (unpaired) electrons. The molecule has 0 saturated carbocycles. The molecule has 1 unspecified atom stereocenters. The quantitative estimate of drug-likeness (QED) is 0.814. The maximum Gasteiger partial charge on any atom is 0.402 e. The normalized spacial score (nSPS) is 23.6. The fourth-order valence-corrected chi connectivity index (χ4v) is 3.42. The summed E-state index contributed by atoms with van der Waals surface area (Å²) in [6.07, 6.45) is -3.10. The Hall–Kier alpha value is -0.380. The van der Waals surface area contributed by atoms with Gasteiger partial charge in [0.15, 0.2) is 0 Å². The lowest BCUT2D eigenvalue weighted by Crippen LogP contribution is -2.49. The van der Waals surface area contributed by atoms with Crippen LogP contribution >= 0.6 is 0 Å². The number of halogens is 3. The Balaban J connectivity index is 2.73. The van der Waals surface area contributed by atoms with Gasteiger partial charge in [-0.2, -0.15) is 30.2 Å². The van der Waals surface area contributed by atoms with E-state index in [1.54, 1.807) is 0 Å². The largest absolute Gasteiger partial charge is 0.402 e. The van der Waals surface area contributed by atoms with Crippen LogP contribution in [0.15, 0.2) is 0 Å². The van der Waals surface area contributed by atoms with Crippen LogP contribution in [0.5, 0.6) is 0 Å². The average molecular weight is 289 g/mol. The Bertz CT molecular complexity index is 372. The molecule has 1 heterocycles. The fraction of sp³-hybridized carbons (Fsp3) is 1.00. The zero-order valence-electron chi connectivity index (χ0n) is 10.2. The summed E-state index contributed by atoms with van der Waals surface area (Å²) in [5, 5.41) is 0. The number of alkyl halides is 3. The van der Waals surface area contributed by atoms with Crippen LogP contribution in [0, 0.1) is 5.92 Å². The molecule has 108 valence electrons. The van der Waals surface area contributed by atoms with Gasteiger partial charge in [-0.05, 0) is 25.3 Å². The van der Waals surface area contributed by atoms with E-state index in [4.69, 9.17) is 5.73 Å². The van der Waals surface area contributed by atoms with Crippen molar-refractivity contribution in [3.63, 3.8) is 0 Å². The molecule has 0 aromatic carbocycles. The number of rotatable bonds is 4. The molecule has 1 fully saturated rings. The predicted molar refractivity (Wildman–Crippen MR) is 61.0 cm³/mol. The Labute approximate surface area is 105 Å². The van der Waals surface area contributed by atoms with Crippen LogP contribution in [0.1, 0.15) is 12.8 Å². The summed E-state index contributed by atoms with van der Waals surface area (Å²) in [4.78, 5) is 0. The van der Waals surface area contributed by atoms with Crippen LogP contribution in [0.3, 0.4) is 0 Å². The summed E-state index contributed by atoms with van der Waals surface area (Å²) in [6.45, 7) is -0.684. The van der Waals surface area contributed by atoms with Gasteiger partial charge in [-0.15, -0.1) is 0 Å². The Morgan fingerprint density at radius 1 is 1.44 bits per heavy atom. The van der Waals surface area contributed by atoms with E-state index in [1.165, 1.54) is 0 Å². The van der Waals surface area contributed by atoms with Gasteiger partial charge in [0, 0.05) is 20.1 Å². The molecule has 0 aromatic heterocycles. The molecule has 18 heavy (non-hydrogen) atoms. The van der Waals surface area contributed by atoms with Crippen molar-refractivity contribution in [1.29, 1.82) is 0 Å². The summed E-state index contributed by atoms with van der Waals surface area (Å²) < 4.78 is 61.9. The van der Waals surface area contributed by atoms with E-state index in [-0.39, 0.29) is 19.0 Å². The first kappa shape index (κ1) is 15.7. The van der Waals surface area contributed by atoms with E-state index in [0.29, 0.717) is 17.3 Å². The van der Waals surface area contributed by atoms with Crippen LogP contribution in [0.25, 0.3) is 0 Å². The van der Waals surface area contributed by atoms with E-state index in [9.17, 15) is 21.6 Å². The highest BCUT2D eigenvalue weighted by Gasteiger charge is 2.38. The molecule has 0 aliphatic carbocycles. The second kappa shape index (κ2) is 5.72. The predicted octanol–water partition coefficient (Wildman–Crippen LogP) is 0.396. The maximum absolute atomic E-state index is 12.2. The SMILES string of the molecule is CN(CC(F)(F)F)S(=O)(=O)N1CCCC(CN)C1. The summed E-state index contributed by atoms with van der Waals surface area (Å²) in [5.74, 6) is 0.0211. The highest BCUT2D eigenvalue weighted by Crippen LogP contribution is 2.22. The van der Waals surface area contributed by atoms with E-state index in [0.717, 1.165) is 17.8 Å². The third kappa shape index (κ3) is 4.08. The standard InChI is InChI=1S/C9H18F3N3O2S/c1-14(7-9(10,11)12)18(16,17)15-4-2-3-8(5-13)6-15/h8H,2-7,13H2,1H3. The lowest BCUT2D eigenvalue weighted by molar-refractivity contribution is -0.134. The molecule has 1 rings (SSSR count). The highest BCUT2D eigenvalue weighted by atomic mass is 32.2. The summed E-state index contributed by atoms with van der Waals surface area (Å²) in [6, 6.07) is 0. The highest BCUT2D eigenvalue weighted by molar-refractivity contribution is 7.86. The first-order valence-electron chi connectivity index (χ1n) is 5.65. The molecule has 0 aromatic rings. The third-order valence-electron chi connectivity index (χ3n) is 2.94. The van der Waals surface area contributed by atoms with Crippen LogP contribution in [-0.2, 0) is 10.2 Å². The average Bonchev–Trinajstić information content (AvgIpc) is 2.27. The number of nitrogens with zero attached hydrogens (tertiary/aromatic N) is 2. The van der Waals surface area contributed by atoms with Crippen molar-refractivity contribution in [1.82, 2.24) is 8.61 Å². The topological polar surface area (TPSA) is 66.6 Å². The van der Waals surface area contributed by atoms with E-state index in [2.05, 4.69) is 0 Å². The molecule has 1 saturated heterocycles. The minimum Gasteiger partial charge on any atom is -0.330 e. The molecule has 1 atom stereocenters. The molecule has 0 spiro atoms. The van der Waals surface area contributed by atoms with Gasteiger partial charge < -0.3 is 5.73 Å². The van der Waals surface area contributed by atoms with Crippen LogP contribution in [0.4, 0.5) is 13.2 Å². The van der Waals surface area contributed by atoms with Crippen molar-refractivity contribution in [2.45, 2.75) is 19.0 Å². The number of hydrogen-bond acceptors (Lipinski definition) is 3. The van der Waals surface area contributed by atoms with Crippen molar-refractivity contribution in [3.8, 4) is 0 Å². The van der Waals surface area contributed by atoms with Crippen molar-refractivity contribution >= 4 is 10.2 Å². The summed E-state index contributed by atoms with van der Waals surface area (Å²) in [5.41, 5.74) is 5.47. The van der Waals surface area contributed by atoms with Gasteiger partial charge in [-0.25, -0.2) is 0 Å². The lowest BCUT2D eigenvalue weighted by Gasteiger charge is -2.34. The molecular formula is C9H18F3N3O2S. The van der Waals surface area contributed by atoms with Gasteiger partial charge in [0.25, 0.3) is 10.2 Å². The van der Waals surface area contributed by atoms with Crippen molar-refractivity contribution < 1.29 is 21.6 Å². The van der Waals surface area contributed by atoms with Crippen LogP contribution in [0.2, 0.25) is 0 Å². The van der Waals surface area contributed by atoms with Gasteiger partial charge in [0.2, 0.25) is 0 Å². The number of nitrogens with two attached hydrogens (primary N) is 1. The van der Waals surface area contributed by atoms with E-state index in [1.807, 2.05) is 0 Å². The van der Waals surface area contributed by atoms with Crippen molar-refractivity contribution in [2.24, 2.45) is 11.7 Å².